The molecule has 0 aliphatic carbocycles. The Labute approximate surface area is 621 Å². The fourth-order valence-electron chi connectivity index (χ4n) is 10.9. The molecule has 2 atom stereocenters. The van der Waals surface area contributed by atoms with E-state index in [0.717, 1.165) is 15.4 Å². The predicted molar refractivity (Wildman–Crippen MR) is 392 cm³/mol. The van der Waals surface area contributed by atoms with Crippen molar-refractivity contribution in [3.05, 3.63) is 112 Å². The molecule has 1 N–H and O–H groups in total. The Morgan fingerprint density at radius 1 is 0.500 bits per heavy atom. The molecular formula is C79H105N5O22. The van der Waals surface area contributed by atoms with Gasteiger partial charge in [0.25, 0.3) is 11.8 Å². The van der Waals surface area contributed by atoms with Crippen molar-refractivity contribution in [2.75, 3.05) is 52.7 Å². The first-order valence-electron chi connectivity index (χ1n) is 35.4. The first kappa shape index (κ1) is 85.2. The van der Waals surface area contributed by atoms with Gasteiger partial charge in [0, 0.05) is 25.2 Å². The summed E-state index contributed by atoms with van der Waals surface area (Å²) in [6, 6.07) is 15.5. The van der Waals surface area contributed by atoms with Crippen LogP contribution >= 0.6 is 0 Å². The van der Waals surface area contributed by atoms with Crippen LogP contribution in [0.15, 0.2) is 82.8 Å². The van der Waals surface area contributed by atoms with Crippen molar-refractivity contribution in [1.29, 1.82) is 0 Å². The molecule has 0 aromatic heterocycles. The van der Waals surface area contributed by atoms with Gasteiger partial charge in [0.2, 0.25) is 0 Å². The van der Waals surface area contributed by atoms with E-state index >= 15 is 9.59 Å². The predicted octanol–water partition coefficient (Wildman–Crippen LogP) is 12.8. The molecule has 578 valence electrons. The number of benzene rings is 4. The van der Waals surface area contributed by atoms with Crippen LogP contribution in [0.3, 0.4) is 0 Å². The minimum absolute atomic E-state index is 0.00630. The summed E-state index contributed by atoms with van der Waals surface area (Å²) in [5.41, 5.74) is -2.55. The van der Waals surface area contributed by atoms with Gasteiger partial charge in [-0.3, -0.25) is 24.5 Å². The molecule has 27 nitrogen and oxygen atoms in total. The van der Waals surface area contributed by atoms with Crippen molar-refractivity contribution >= 4 is 77.1 Å². The number of alkyl carbamates (subject to hydrolysis) is 1. The second-order valence-corrected chi connectivity index (χ2v) is 31.5. The molecule has 2 unspecified atom stereocenters. The van der Waals surface area contributed by atoms with Gasteiger partial charge in [0.1, 0.15) is 51.5 Å². The van der Waals surface area contributed by atoms with Crippen LogP contribution in [0.4, 0.5) is 15.3 Å². The number of nitrogens with zero attached hydrogens (tertiary/aromatic N) is 4. The normalized spacial score (nSPS) is 14.5. The number of hydrogen-bond donors (Lipinski definition) is 1. The Morgan fingerprint density at radius 3 is 1.34 bits per heavy atom. The maximum atomic E-state index is 15.4. The van der Waals surface area contributed by atoms with E-state index in [0.29, 0.717) is 54.6 Å². The zero-order valence-electron chi connectivity index (χ0n) is 65.0. The van der Waals surface area contributed by atoms with Crippen LogP contribution in [0.5, 0.6) is 23.0 Å². The number of nitrogens with one attached hydrogen (secondary N) is 1. The quantitative estimate of drug-likeness (QED) is 0.0191. The van der Waals surface area contributed by atoms with Crippen molar-refractivity contribution in [1.82, 2.24) is 15.1 Å². The number of esters is 6. The molecule has 6 rings (SSSR count). The highest BCUT2D eigenvalue weighted by Crippen LogP contribution is 2.38. The highest BCUT2D eigenvalue weighted by atomic mass is 16.6. The third kappa shape index (κ3) is 27.9. The smallest absolute Gasteiger partial charge is 0.434 e. The van der Waals surface area contributed by atoms with Crippen molar-refractivity contribution in [3.63, 3.8) is 0 Å². The number of rotatable bonds is 22. The number of aliphatic imine (C=N–C) groups is 2. The molecule has 4 aromatic carbocycles. The van der Waals surface area contributed by atoms with Crippen molar-refractivity contribution in [2.24, 2.45) is 9.98 Å². The van der Waals surface area contributed by atoms with Gasteiger partial charge in [-0.1, -0.05) is 24.3 Å². The summed E-state index contributed by atoms with van der Waals surface area (Å²) in [5, 5.41) is 2.60. The molecule has 0 radical (unpaired) electrons. The number of hydrogen-bond acceptors (Lipinski definition) is 23. The largest absolute Gasteiger partial charge is 0.489 e. The molecule has 4 amide bonds. The maximum absolute atomic E-state index is 15.4. The molecule has 2 aliphatic heterocycles. The molecule has 0 fully saturated rings. The number of aryl methyl sites for hydroxylation is 2. The van der Waals surface area contributed by atoms with Gasteiger partial charge in [-0.25, -0.2) is 33.8 Å². The number of fused-ring (bicyclic) bond motifs is 4. The highest BCUT2D eigenvalue weighted by molar-refractivity contribution is 6.03. The van der Waals surface area contributed by atoms with E-state index in [-0.39, 0.29) is 104 Å². The Morgan fingerprint density at radius 2 is 0.915 bits per heavy atom. The molecule has 0 saturated heterocycles. The summed E-state index contributed by atoms with van der Waals surface area (Å²) in [5.74, 6) is -6.97. The first-order chi connectivity index (χ1) is 49.2. The molecule has 0 saturated carbocycles. The molecule has 2 aliphatic rings. The molecule has 0 bridgehead atoms. The topological polar surface area (TPSA) is 325 Å². The van der Waals surface area contributed by atoms with Crippen LogP contribution in [0.1, 0.15) is 222 Å². The summed E-state index contributed by atoms with van der Waals surface area (Å²) in [4.78, 5) is 151. The number of ether oxygens (including phenoxy) is 12. The van der Waals surface area contributed by atoms with E-state index in [4.69, 9.17) is 56.8 Å². The van der Waals surface area contributed by atoms with Gasteiger partial charge >= 0.3 is 48.0 Å². The summed E-state index contributed by atoms with van der Waals surface area (Å²) in [6.07, 6.45) is -1.10. The Kier molecular flexibility index (Phi) is 29.3. The molecule has 4 aromatic rings. The van der Waals surface area contributed by atoms with Crippen LogP contribution in [-0.2, 0) is 76.3 Å². The lowest BCUT2D eigenvalue weighted by molar-refractivity contribution is -0.168. The van der Waals surface area contributed by atoms with Crippen LogP contribution in [0.25, 0.3) is 0 Å². The van der Waals surface area contributed by atoms with E-state index in [1.165, 1.54) is 36.4 Å². The zero-order valence-corrected chi connectivity index (χ0v) is 65.0. The summed E-state index contributed by atoms with van der Waals surface area (Å²) < 4.78 is 70.6. The van der Waals surface area contributed by atoms with Gasteiger partial charge in [-0.15, -0.1) is 0 Å². The minimum Gasteiger partial charge on any atom is -0.489 e. The number of para-hydroxylation sites is 2. The lowest BCUT2D eigenvalue weighted by Crippen LogP contribution is -2.50. The third-order valence-corrected chi connectivity index (χ3v) is 14.8. The molecule has 2 heterocycles. The Balaban J connectivity index is 1.26. The van der Waals surface area contributed by atoms with Gasteiger partial charge in [0.05, 0.1) is 80.4 Å². The monoisotopic (exact) mass is 1480 g/mol. The van der Waals surface area contributed by atoms with Crippen molar-refractivity contribution in [3.8, 4) is 23.0 Å². The number of amidine groups is 1. The average Bonchev–Trinajstić information content (AvgIpc) is 0.797. The van der Waals surface area contributed by atoms with Crippen LogP contribution in [0, 0.1) is 0 Å². The highest BCUT2D eigenvalue weighted by Gasteiger charge is 2.41. The molecule has 27 heteroatoms. The van der Waals surface area contributed by atoms with Gasteiger partial charge in [-0.2, -0.15) is 4.99 Å². The van der Waals surface area contributed by atoms with Gasteiger partial charge in [-0.05, 0) is 229 Å². The first-order valence-corrected chi connectivity index (χ1v) is 35.4. The fourth-order valence-corrected chi connectivity index (χ4v) is 10.9. The minimum atomic E-state index is -1.62. The molecule has 106 heavy (non-hydrogen) atoms. The van der Waals surface area contributed by atoms with E-state index in [9.17, 15) is 38.4 Å². The van der Waals surface area contributed by atoms with Gasteiger partial charge < -0.3 is 66.6 Å². The summed E-state index contributed by atoms with van der Waals surface area (Å²) in [7, 11) is 0. The number of carbonyl (C=O) groups is 10. The second-order valence-electron chi connectivity index (χ2n) is 31.5. The third-order valence-electron chi connectivity index (χ3n) is 14.8. The van der Waals surface area contributed by atoms with E-state index in [2.05, 4.69) is 15.3 Å². The lowest BCUT2D eigenvalue weighted by atomic mass is 9.97. The zero-order chi connectivity index (χ0) is 78.9. The second kappa shape index (κ2) is 36.5. The summed E-state index contributed by atoms with van der Waals surface area (Å²) >= 11 is 0. The van der Waals surface area contributed by atoms with E-state index in [1.54, 1.807) is 169 Å². The number of carbonyl (C=O) groups excluding carboxylic acids is 10. The van der Waals surface area contributed by atoms with Crippen molar-refractivity contribution in [2.45, 2.75) is 229 Å². The lowest BCUT2D eigenvalue weighted by Gasteiger charge is -2.33. The maximum Gasteiger partial charge on any atom is 0.434 e. The van der Waals surface area contributed by atoms with Crippen LogP contribution < -0.4 is 24.3 Å². The van der Waals surface area contributed by atoms with Crippen LogP contribution in [0.2, 0.25) is 0 Å². The fraction of sp³-hybridized carbons (Fsp3) is 0.544. The molecular weight excluding hydrogens is 1370 g/mol. The van der Waals surface area contributed by atoms with E-state index < -0.39 is 118 Å². The average molecular weight is 1480 g/mol. The van der Waals surface area contributed by atoms with Crippen molar-refractivity contribution < 1.29 is 105 Å². The standard InChI is InChI=1S/C79H105N5O22/c1-48(80-72(93)105-78(15,16)17)43-50-31-33-54-51(44-50)25-23-37-97-64-56(27-21-29-60(64)99-68(54)89)66(87)83(58(70(91)103-76(9,10)11)46-62(85)101-74(3,4)5)35-39-95-41-42-96-40-36-84(59(71(92)104-77(12,13)14)47-63(86)102-75(6,7)8)67(88)57-28-22-30-61-65(57)98-38-24-26-52-45-53(32-34-55(52)69(90)100-61)81-49(2)82-73(94)106-79(18,19)20/h21-22,27-34,44-45,58-59H,23-26,35-43,46-47H2,1-20H3,(H,81,82,94). The Hall–Kier alpha value is -9.76. The number of amides is 4. The SMILES string of the molecule is CC(Cc1ccc2c(c1)CCCOc1c(cccc1C(=O)N(CCOCCOCCN(C(=O)c1cccc3c1OCCCc1cc(N=C(C)NC(=O)OC(C)(C)C)ccc1C(=O)O3)C(CC(=O)OC(C)(C)C)C(=O)OC(C)(C)C)C(CC(=O)OC(C)(C)C)C(=O)OC(C)(C)C)OC2=O)=NC(=O)OC(C)(C)C. The van der Waals surface area contributed by atoms with E-state index in [1.807, 2.05) is 6.07 Å². The van der Waals surface area contributed by atoms with Gasteiger partial charge in [0.15, 0.2) is 23.0 Å². The van der Waals surface area contributed by atoms with Crippen LogP contribution in [-0.4, -0.2) is 180 Å². The summed E-state index contributed by atoms with van der Waals surface area (Å²) in [6.45, 7) is 31.9. The Bertz CT molecular complexity index is 3930. The molecule has 0 spiro atoms.